The third kappa shape index (κ3) is 4.63. The number of carbonyl (C=O) groups is 2. The zero-order valence-electron chi connectivity index (χ0n) is 14.9. The molecule has 0 saturated carbocycles. The van der Waals surface area contributed by atoms with Gasteiger partial charge in [-0.15, -0.1) is 0 Å². The van der Waals surface area contributed by atoms with Gasteiger partial charge in [0.15, 0.2) is 0 Å². The first kappa shape index (κ1) is 20.1. The summed E-state index contributed by atoms with van der Waals surface area (Å²) in [5, 5.41) is 2.68. The van der Waals surface area contributed by atoms with E-state index >= 15 is 0 Å². The Balaban J connectivity index is 1.84. The van der Waals surface area contributed by atoms with Crippen LogP contribution in [0.15, 0.2) is 42.1 Å². The van der Waals surface area contributed by atoms with Gasteiger partial charge in [0, 0.05) is 0 Å². The van der Waals surface area contributed by atoms with Crippen molar-refractivity contribution in [2.45, 2.75) is 20.4 Å². The van der Waals surface area contributed by atoms with Crippen molar-refractivity contribution >= 4 is 63.2 Å². The number of rotatable bonds is 5. The number of carbonyl (C=O) groups excluding carboxylic acids is 2. The topological polar surface area (TPSA) is 58.6 Å². The predicted octanol–water partition coefficient (Wildman–Crippen LogP) is 4.70. The molecule has 1 N–H and O–H groups in total. The maximum Gasteiger partial charge on any atom is 0.329 e. The molecule has 0 aliphatic carbocycles. The Bertz CT molecular complexity index is 918. The normalized spacial score (nSPS) is 15.4. The van der Waals surface area contributed by atoms with Crippen molar-refractivity contribution in [3.05, 3.63) is 65.9 Å². The number of ether oxygens (including phenoxy) is 1. The summed E-state index contributed by atoms with van der Waals surface area (Å²) in [5.41, 5.74) is 3.13. The fourth-order valence-electron chi connectivity index (χ4n) is 2.82. The van der Waals surface area contributed by atoms with Gasteiger partial charge in [0.05, 0.1) is 20.3 Å². The molecule has 0 spiro atoms. The molecule has 0 unspecified atom stereocenters. The van der Waals surface area contributed by atoms with E-state index in [1.54, 1.807) is 6.08 Å². The lowest BCUT2D eigenvalue weighted by molar-refractivity contribution is -0.123. The monoisotopic (exact) mass is 588 g/mol. The first-order valence-electron chi connectivity index (χ1n) is 8.41. The van der Waals surface area contributed by atoms with Crippen LogP contribution in [-0.2, 0) is 11.3 Å². The number of nitrogens with zero attached hydrogens (tertiary/aromatic N) is 1. The van der Waals surface area contributed by atoms with Crippen LogP contribution in [0, 0.1) is 14.1 Å². The van der Waals surface area contributed by atoms with Crippen LogP contribution in [0.2, 0.25) is 0 Å². The summed E-state index contributed by atoms with van der Waals surface area (Å²) in [6.07, 6.45) is 1.70. The molecule has 1 aliphatic heterocycles. The number of halogens is 2. The zero-order chi connectivity index (χ0) is 19.6. The Morgan fingerprint density at radius 2 is 1.85 bits per heavy atom. The lowest BCUT2D eigenvalue weighted by Crippen LogP contribution is -2.30. The second-order valence-corrected chi connectivity index (χ2v) is 8.44. The van der Waals surface area contributed by atoms with Gasteiger partial charge in [-0.25, -0.2) is 4.79 Å². The summed E-state index contributed by atoms with van der Waals surface area (Å²) in [4.78, 5) is 26.2. The number of imide groups is 1. The Labute approximate surface area is 185 Å². The number of benzene rings is 2. The van der Waals surface area contributed by atoms with E-state index in [9.17, 15) is 9.59 Å². The molecule has 0 atom stereocenters. The highest BCUT2D eigenvalue weighted by Crippen LogP contribution is 2.30. The van der Waals surface area contributed by atoms with Gasteiger partial charge in [-0.05, 0) is 88.4 Å². The maximum atomic E-state index is 12.7. The first-order valence-corrected chi connectivity index (χ1v) is 10.6. The van der Waals surface area contributed by atoms with E-state index in [0.29, 0.717) is 6.61 Å². The number of amides is 3. The highest BCUT2D eigenvalue weighted by molar-refractivity contribution is 14.1. The van der Waals surface area contributed by atoms with Gasteiger partial charge in [0.2, 0.25) is 0 Å². The molecule has 2 aromatic carbocycles. The van der Waals surface area contributed by atoms with E-state index in [2.05, 4.69) is 50.5 Å². The van der Waals surface area contributed by atoms with E-state index in [1.165, 1.54) is 4.90 Å². The van der Waals surface area contributed by atoms with Crippen molar-refractivity contribution in [3.8, 4) is 5.75 Å². The van der Waals surface area contributed by atoms with Crippen LogP contribution in [0.3, 0.4) is 0 Å². The number of hydrogen-bond donors (Lipinski definition) is 1. The number of urea groups is 1. The molecule has 1 heterocycles. The molecule has 2 aromatic rings. The van der Waals surface area contributed by atoms with Crippen molar-refractivity contribution < 1.29 is 14.3 Å². The molecule has 7 heteroatoms. The van der Waals surface area contributed by atoms with Gasteiger partial charge < -0.3 is 10.1 Å². The lowest BCUT2D eigenvalue weighted by Gasteiger charge is -2.12. The minimum absolute atomic E-state index is 0.252. The van der Waals surface area contributed by atoms with Crippen LogP contribution >= 0.6 is 45.2 Å². The summed E-state index contributed by atoms with van der Waals surface area (Å²) in [5.74, 6) is 0.518. The van der Waals surface area contributed by atoms with Crippen LogP contribution in [0.25, 0.3) is 6.08 Å². The van der Waals surface area contributed by atoms with Crippen molar-refractivity contribution in [1.82, 2.24) is 10.2 Å². The van der Waals surface area contributed by atoms with Crippen LogP contribution < -0.4 is 10.1 Å². The molecule has 1 fully saturated rings. The third-order valence-corrected chi connectivity index (χ3v) is 5.61. The second kappa shape index (κ2) is 8.59. The van der Waals surface area contributed by atoms with E-state index in [-0.39, 0.29) is 18.1 Å². The van der Waals surface area contributed by atoms with Gasteiger partial charge in [0.25, 0.3) is 5.91 Å². The first-order chi connectivity index (χ1) is 12.9. The molecule has 27 heavy (non-hydrogen) atoms. The highest BCUT2D eigenvalue weighted by atomic mass is 127. The summed E-state index contributed by atoms with van der Waals surface area (Å²) >= 11 is 4.42. The summed E-state index contributed by atoms with van der Waals surface area (Å²) < 4.78 is 7.56. The molecular weight excluding hydrogens is 570 g/mol. The average molecular weight is 588 g/mol. The number of hydrogen-bond acceptors (Lipinski definition) is 3. The smallest absolute Gasteiger partial charge is 0.329 e. The fraction of sp³-hybridized carbons (Fsp3) is 0.200. The van der Waals surface area contributed by atoms with Crippen LogP contribution in [-0.4, -0.2) is 23.4 Å². The molecule has 1 aliphatic rings. The predicted molar refractivity (Wildman–Crippen MR) is 121 cm³/mol. The van der Waals surface area contributed by atoms with Crippen LogP contribution in [0.4, 0.5) is 4.79 Å². The van der Waals surface area contributed by atoms with Crippen LogP contribution in [0.1, 0.15) is 23.6 Å². The summed E-state index contributed by atoms with van der Waals surface area (Å²) in [6, 6.07) is 11.3. The van der Waals surface area contributed by atoms with E-state index < -0.39 is 6.03 Å². The quantitative estimate of drug-likeness (QED) is 0.314. The lowest BCUT2D eigenvalue weighted by atomic mass is 10.1. The van der Waals surface area contributed by atoms with Crippen LogP contribution in [0.5, 0.6) is 5.75 Å². The van der Waals surface area contributed by atoms with Gasteiger partial charge in [-0.2, -0.15) is 0 Å². The Hall–Kier alpha value is -1.62. The van der Waals surface area contributed by atoms with E-state index in [0.717, 1.165) is 29.6 Å². The highest BCUT2D eigenvalue weighted by Gasteiger charge is 2.33. The standard InChI is InChI=1S/C20H18I2N2O3/c1-3-27-18-15(21)8-14(9-16(18)22)10-17-19(25)24(20(26)23-17)11-13-6-4-5-12(2)7-13/h4-10H,3,11H2,1-2H3,(H,23,26)/b17-10+. The summed E-state index contributed by atoms with van der Waals surface area (Å²) in [7, 11) is 0. The van der Waals surface area contributed by atoms with Gasteiger partial charge in [-0.1, -0.05) is 29.8 Å². The van der Waals surface area contributed by atoms with E-state index in [4.69, 9.17) is 4.74 Å². The molecule has 0 bridgehead atoms. The Morgan fingerprint density at radius 1 is 1.15 bits per heavy atom. The largest absolute Gasteiger partial charge is 0.492 e. The molecule has 0 radical (unpaired) electrons. The van der Waals surface area contributed by atoms with Crippen molar-refractivity contribution in [2.75, 3.05) is 6.61 Å². The van der Waals surface area contributed by atoms with Crippen molar-refractivity contribution in [2.24, 2.45) is 0 Å². The third-order valence-electron chi connectivity index (χ3n) is 4.01. The Kier molecular flexibility index (Phi) is 6.40. The average Bonchev–Trinajstić information content (AvgIpc) is 2.86. The molecule has 3 rings (SSSR count). The second-order valence-electron chi connectivity index (χ2n) is 6.12. The zero-order valence-corrected chi connectivity index (χ0v) is 19.2. The molecule has 1 saturated heterocycles. The van der Waals surface area contributed by atoms with E-state index in [1.807, 2.05) is 50.2 Å². The van der Waals surface area contributed by atoms with Crippen molar-refractivity contribution in [3.63, 3.8) is 0 Å². The van der Waals surface area contributed by atoms with Crippen molar-refractivity contribution in [1.29, 1.82) is 0 Å². The van der Waals surface area contributed by atoms with Gasteiger partial charge >= 0.3 is 6.03 Å². The molecule has 140 valence electrons. The molecule has 3 amide bonds. The molecule has 5 nitrogen and oxygen atoms in total. The minimum Gasteiger partial charge on any atom is -0.492 e. The van der Waals surface area contributed by atoms with Gasteiger partial charge in [-0.3, -0.25) is 9.69 Å². The molecular formula is C20H18I2N2O3. The molecule has 0 aromatic heterocycles. The summed E-state index contributed by atoms with van der Waals surface area (Å²) in [6.45, 7) is 4.77. The maximum absolute atomic E-state index is 12.7. The number of aryl methyl sites for hydroxylation is 1. The fourth-order valence-corrected chi connectivity index (χ4v) is 4.95. The SMILES string of the molecule is CCOc1c(I)cc(/C=C2/NC(=O)N(Cc3cccc(C)c3)C2=O)cc1I. The Morgan fingerprint density at radius 3 is 2.48 bits per heavy atom. The number of nitrogens with one attached hydrogen (secondary N) is 1. The van der Waals surface area contributed by atoms with Gasteiger partial charge in [0.1, 0.15) is 11.4 Å². The minimum atomic E-state index is -0.400.